The fourth-order valence-corrected chi connectivity index (χ4v) is 8.35. The first kappa shape index (κ1) is 26.6. The highest BCUT2D eigenvalue weighted by Gasteiger charge is 2.46. The minimum Gasteiger partial charge on any atom is -0.493 e. The van der Waals surface area contributed by atoms with Crippen LogP contribution in [0.2, 0.25) is 0 Å². The average molecular weight is 531 g/mol. The predicted octanol–water partition coefficient (Wildman–Crippen LogP) is 1.20. The van der Waals surface area contributed by atoms with Gasteiger partial charge in [-0.05, 0) is 49.7 Å². The standard InChI is InChI=1S/C23H38N4O6S2/c1-25(2)35(30,31)24-11-6-14-34(28,29)27-12-5-7-18-16-26-13-10-17-8-9-21(32-3)23(33-4)22(17)20(26)15-19(18)27/h8-9,18-20,24H,5-7,10-16H2,1-4H3/t18-,19+,20-/m0/s1. The van der Waals surface area contributed by atoms with Gasteiger partial charge >= 0.3 is 0 Å². The van der Waals surface area contributed by atoms with E-state index in [4.69, 9.17) is 9.47 Å². The number of nitrogens with zero attached hydrogens (tertiary/aromatic N) is 3. The average Bonchev–Trinajstić information content (AvgIpc) is 2.83. The van der Waals surface area contributed by atoms with Crippen molar-refractivity contribution in [1.29, 1.82) is 0 Å². The molecule has 35 heavy (non-hydrogen) atoms. The molecule has 0 aliphatic carbocycles. The van der Waals surface area contributed by atoms with Gasteiger partial charge in [0.25, 0.3) is 10.2 Å². The van der Waals surface area contributed by atoms with Crippen LogP contribution in [0.15, 0.2) is 12.1 Å². The van der Waals surface area contributed by atoms with Crippen molar-refractivity contribution < 1.29 is 26.3 Å². The topological polar surface area (TPSA) is 108 Å². The summed E-state index contributed by atoms with van der Waals surface area (Å²) in [6, 6.07) is 4.05. The minimum atomic E-state index is -3.57. The van der Waals surface area contributed by atoms with Crippen molar-refractivity contribution in [2.24, 2.45) is 5.92 Å². The van der Waals surface area contributed by atoms with Crippen molar-refractivity contribution in [3.8, 4) is 11.5 Å². The van der Waals surface area contributed by atoms with Crippen LogP contribution in [-0.4, -0.2) is 96.6 Å². The molecule has 4 rings (SSSR count). The van der Waals surface area contributed by atoms with Crippen molar-refractivity contribution in [3.05, 3.63) is 23.3 Å². The molecule has 1 N–H and O–H groups in total. The molecule has 0 amide bonds. The van der Waals surface area contributed by atoms with Gasteiger partial charge in [0.05, 0.1) is 20.0 Å². The second-order valence-corrected chi connectivity index (χ2v) is 13.8. The summed E-state index contributed by atoms with van der Waals surface area (Å²) in [5, 5.41) is 0. The number of methoxy groups -OCH3 is 2. The molecule has 10 nitrogen and oxygen atoms in total. The van der Waals surface area contributed by atoms with E-state index in [1.165, 1.54) is 19.7 Å². The summed E-state index contributed by atoms with van der Waals surface area (Å²) in [6.45, 7) is 2.42. The van der Waals surface area contributed by atoms with E-state index in [2.05, 4.69) is 15.7 Å². The Morgan fingerprint density at radius 2 is 1.89 bits per heavy atom. The van der Waals surface area contributed by atoms with Crippen LogP contribution >= 0.6 is 0 Å². The number of hydrogen-bond donors (Lipinski definition) is 1. The molecule has 3 atom stereocenters. The molecular weight excluding hydrogens is 492 g/mol. The maximum absolute atomic E-state index is 13.4. The maximum Gasteiger partial charge on any atom is 0.278 e. The summed E-state index contributed by atoms with van der Waals surface area (Å²) < 4.78 is 67.2. The van der Waals surface area contributed by atoms with Gasteiger partial charge in [0.15, 0.2) is 11.5 Å². The molecule has 12 heteroatoms. The van der Waals surface area contributed by atoms with E-state index in [0.717, 1.165) is 48.0 Å². The van der Waals surface area contributed by atoms with E-state index in [1.807, 2.05) is 6.07 Å². The Morgan fingerprint density at radius 1 is 1.11 bits per heavy atom. The smallest absolute Gasteiger partial charge is 0.278 e. The van der Waals surface area contributed by atoms with Gasteiger partial charge in [-0.2, -0.15) is 17.0 Å². The second-order valence-electron chi connectivity index (χ2n) is 9.80. The molecule has 1 aromatic carbocycles. The lowest BCUT2D eigenvalue weighted by atomic mass is 9.77. The van der Waals surface area contributed by atoms with Gasteiger partial charge in [0, 0.05) is 57.9 Å². The van der Waals surface area contributed by atoms with Crippen LogP contribution in [0.3, 0.4) is 0 Å². The predicted molar refractivity (Wildman–Crippen MR) is 134 cm³/mol. The van der Waals surface area contributed by atoms with Gasteiger partial charge in [-0.25, -0.2) is 13.1 Å². The zero-order valence-corrected chi connectivity index (χ0v) is 22.7. The Bertz CT molecular complexity index is 1130. The molecule has 2 saturated heterocycles. The molecule has 1 aromatic rings. The van der Waals surface area contributed by atoms with E-state index in [1.54, 1.807) is 18.5 Å². The monoisotopic (exact) mass is 530 g/mol. The molecule has 0 radical (unpaired) electrons. The third-order valence-electron chi connectivity index (χ3n) is 7.62. The zero-order valence-electron chi connectivity index (χ0n) is 21.1. The third-order valence-corrected chi connectivity index (χ3v) is 11.1. The van der Waals surface area contributed by atoms with E-state index >= 15 is 0 Å². The Balaban J connectivity index is 1.52. The van der Waals surface area contributed by atoms with Crippen LogP contribution in [0.1, 0.15) is 42.9 Å². The number of sulfonamides is 1. The Hall–Kier alpha value is -1.44. The number of rotatable bonds is 9. The number of ether oxygens (including phenoxy) is 2. The van der Waals surface area contributed by atoms with E-state index in [-0.39, 0.29) is 30.8 Å². The van der Waals surface area contributed by atoms with Crippen LogP contribution in [0.4, 0.5) is 0 Å². The van der Waals surface area contributed by atoms with Crippen LogP contribution in [0, 0.1) is 5.92 Å². The van der Waals surface area contributed by atoms with Gasteiger partial charge in [-0.3, -0.25) is 4.90 Å². The van der Waals surface area contributed by atoms with E-state index in [0.29, 0.717) is 24.6 Å². The lowest BCUT2D eigenvalue weighted by molar-refractivity contribution is 0.0209. The van der Waals surface area contributed by atoms with Crippen molar-refractivity contribution in [1.82, 2.24) is 18.2 Å². The fourth-order valence-electron chi connectivity index (χ4n) is 5.87. The largest absolute Gasteiger partial charge is 0.493 e. The highest BCUT2D eigenvalue weighted by atomic mass is 32.2. The van der Waals surface area contributed by atoms with E-state index in [9.17, 15) is 16.8 Å². The van der Waals surface area contributed by atoms with Gasteiger partial charge in [0.2, 0.25) is 10.0 Å². The van der Waals surface area contributed by atoms with Crippen molar-refractivity contribution in [2.45, 2.75) is 44.2 Å². The third kappa shape index (κ3) is 5.33. The normalized spacial score (nSPS) is 25.6. The number of hydrogen-bond acceptors (Lipinski definition) is 7. The zero-order chi connectivity index (χ0) is 25.4. The first-order chi connectivity index (χ1) is 16.6. The molecule has 3 heterocycles. The first-order valence-corrected chi connectivity index (χ1v) is 15.3. The number of piperidine rings is 2. The summed E-state index contributed by atoms with van der Waals surface area (Å²) >= 11 is 0. The van der Waals surface area contributed by atoms with Gasteiger partial charge in [-0.15, -0.1) is 0 Å². The molecule has 3 aliphatic heterocycles. The van der Waals surface area contributed by atoms with Gasteiger partial charge in [-0.1, -0.05) is 6.07 Å². The summed E-state index contributed by atoms with van der Waals surface area (Å²) in [5.74, 6) is 1.66. The number of fused-ring (bicyclic) bond motifs is 4. The lowest BCUT2D eigenvalue weighted by Crippen LogP contribution is -2.57. The molecular formula is C23H38N4O6S2. The highest BCUT2D eigenvalue weighted by Crippen LogP contribution is 2.48. The van der Waals surface area contributed by atoms with Crippen molar-refractivity contribution in [3.63, 3.8) is 0 Å². The molecule has 0 bridgehead atoms. The van der Waals surface area contributed by atoms with Gasteiger partial charge < -0.3 is 9.47 Å². The summed E-state index contributed by atoms with van der Waals surface area (Å²) in [7, 11) is -0.924. The van der Waals surface area contributed by atoms with Crippen LogP contribution < -0.4 is 14.2 Å². The molecule has 3 aliphatic rings. The van der Waals surface area contributed by atoms with E-state index < -0.39 is 20.2 Å². The summed E-state index contributed by atoms with van der Waals surface area (Å²) in [5.41, 5.74) is 2.36. The first-order valence-electron chi connectivity index (χ1n) is 12.2. The number of nitrogens with one attached hydrogen (secondary N) is 1. The number of benzene rings is 1. The molecule has 2 fully saturated rings. The van der Waals surface area contributed by atoms with Gasteiger partial charge in [0.1, 0.15) is 0 Å². The summed E-state index contributed by atoms with van der Waals surface area (Å²) in [6.07, 6.45) is 3.75. The second kappa shape index (κ2) is 10.5. The van der Waals surface area contributed by atoms with Crippen molar-refractivity contribution >= 4 is 20.2 Å². The van der Waals surface area contributed by atoms with Crippen molar-refractivity contribution in [2.75, 3.05) is 60.2 Å². The van der Waals surface area contributed by atoms with Crippen LogP contribution in [0.5, 0.6) is 11.5 Å². The van der Waals surface area contributed by atoms with Crippen LogP contribution in [-0.2, 0) is 26.7 Å². The Morgan fingerprint density at radius 3 is 2.57 bits per heavy atom. The Kier molecular flexibility index (Phi) is 7.99. The molecule has 0 saturated carbocycles. The summed E-state index contributed by atoms with van der Waals surface area (Å²) in [4.78, 5) is 2.48. The van der Waals surface area contributed by atoms with Crippen LogP contribution in [0.25, 0.3) is 0 Å². The lowest BCUT2D eigenvalue weighted by Gasteiger charge is -2.52. The molecule has 198 valence electrons. The highest BCUT2D eigenvalue weighted by molar-refractivity contribution is 7.89. The minimum absolute atomic E-state index is 0.0738. The maximum atomic E-state index is 13.4. The Labute approximate surface area is 209 Å². The molecule has 0 aromatic heterocycles. The quantitative estimate of drug-likeness (QED) is 0.478. The molecule has 0 unspecified atom stereocenters. The SMILES string of the molecule is COc1ccc2c(c1OC)[C@@H]1C[C@@H]3[C@@H](CCCN3S(=O)(=O)CCCNS(=O)(=O)N(C)C)CN1CC2. The molecule has 0 spiro atoms. The fraction of sp³-hybridized carbons (Fsp3) is 0.739.